The van der Waals surface area contributed by atoms with Crippen LogP contribution in [0, 0.1) is 6.92 Å². The van der Waals surface area contributed by atoms with Crippen molar-refractivity contribution in [3.05, 3.63) is 23.7 Å². The average molecular weight is 299 g/mol. The molecule has 1 aliphatic heterocycles. The molecule has 1 aromatic rings. The normalized spacial score (nSPS) is 21.5. The van der Waals surface area contributed by atoms with Gasteiger partial charge in [-0.15, -0.1) is 0 Å². The Bertz CT molecular complexity index is 559. The smallest absolute Gasteiger partial charge is 0.282 e. The SMILES string of the molecule is Cc1ccc(CN(C2CC2)S(=O)(=O)N2CCNCC2)o1. The summed E-state index contributed by atoms with van der Waals surface area (Å²) < 4.78 is 34.2. The van der Waals surface area contributed by atoms with Gasteiger partial charge < -0.3 is 9.73 Å². The monoisotopic (exact) mass is 299 g/mol. The van der Waals surface area contributed by atoms with Gasteiger partial charge >= 0.3 is 0 Å². The molecule has 2 aliphatic rings. The van der Waals surface area contributed by atoms with Crippen LogP contribution in [-0.4, -0.2) is 49.2 Å². The second-order valence-corrected chi connectivity index (χ2v) is 7.33. The maximum atomic E-state index is 12.8. The molecule has 2 fully saturated rings. The molecule has 20 heavy (non-hydrogen) atoms. The lowest BCUT2D eigenvalue weighted by molar-refractivity contribution is 0.290. The van der Waals surface area contributed by atoms with Gasteiger partial charge in [0.2, 0.25) is 0 Å². The van der Waals surface area contributed by atoms with Crippen molar-refractivity contribution in [2.45, 2.75) is 32.4 Å². The van der Waals surface area contributed by atoms with Crippen molar-refractivity contribution in [2.75, 3.05) is 26.2 Å². The van der Waals surface area contributed by atoms with Gasteiger partial charge in [-0.1, -0.05) is 0 Å². The summed E-state index contributed by atoms with van der Waals surface area (Å²) in [6.45, 7) is 4.74. The Balaban J connectivity index is 1.78. The lowest BCUT2D eigenvalue weighted by Gasteiger charge is -2.32. The highest BCUT2D eigenvalue weighted by atomic mass is 32.2. The van der Waals surface area contributed by atoms with Gasteiger partial charge in [-0.2, -0.15) is 17.0 Å². The third-order valence-electron chi connectivity index (χ3n) is 3.76. The van der Waals surface area contributed by atoms with Gasteiger partial charge in [-0.25, -0.2) is 0 Å². The summed E-state index contributed by atoms with van der Waals surface area (Å²) in [6.07, 6.45) is 1.90. The molecule has 0 unspecified atom stereocenters. The summed E-state index contributed by atoms with van der Waals surface area (Å²) in [6, 6.07) is 3.87. The van der Waals surface area contributed by atoms with E-state index in [1.807, 2.05) is 19.1 Å². The summed E-state index contributed by atoms with van der Waals surface area (Å²) in [7, 11) is -3.38. The Hall–Kier alpha value is -0.890. The Morgan fingerprint density at radius 1 is 1.35 bits per heavy atom. The fourth-order valence-electron chi connectivity index (χ4n) is 2.51. The maximum absolute atomic E-state index is 12.8. The fraction of sp³-hybridized carbons (Fsp3) is 0.692. The number of aryl methyl sites for hydroxylation is 1. The number of furan rings is 1. The predicted molar refractivity (Wildman–Crippen MR) is 75.4 cm³/mol. The molecule has 1 saturated carbocycles. The first kappa shape index (κ1) is 14.1. The van der Waals surface area contributed by atoms with Gasteiger partial charge in [-0.3, -0.25) is 0 Å². The minimum Gasteiger partial charge on any atom is -0.465 e. The van der Waals surface area contributed by atoms with Crippen LogP contribution in [0.1, 0.15) is 24.4 Å². The number of hydrogen-bond donors (Lipinski definition) is 1. The summed E-state index contributed by atoms with van der Waals surface area (Å²) in [4.78, 5) is 0. The average Bonchev–Trinajstić information content (AvgIpc) is 3.20. The molecule has 2 heterocycles. The zero-order valence-electron chi connectivity index (χ0n) is 11.7. The molecule has 1 N–H and O–H groups in total. The summed E-state index contributed by atoms with van der Waals surface area (Å²) >= 11 is 0. The Labute approximate surface area is 119 Å². The van der Waals surface area contributed by atoms with E-state index in [4.69, 9.17) is 4.42 Å². The van der Waals surface area contributed by atoms with Crippen molar-refractivity contribution >= 4 is 10.2 Å². The van der Waals surface area contributed by atoms with E-state index < -0.39 is 10.2 Å². The standard InChI is InChI=1S/C13H21N3O3S/c1-11-2-5-13(19-11)10-16(12-3-4-12)20(17,18)15-8-6-14-7-9-15/h2,5,12,14H,3-4,6-10H2,1H3. The van der Waals surface area contributed by atoms with Crippen molar-refractivity contribution in [1.82, 2.24) is 13.9 Å². The van der Waals surface area contributed by atoms with Crippen LogP contribution in [0.15, 0.2) is 16.5 Å². The largest absolute Gasteiger partial charge is 0.465 e. The Morgan fingerprint density at radius 2 is 2.05 bits per heavy atom. The lowest BCUT2D eigenvalue weighted by Crippen LogP contribution is -2.52. The van der Waals surface area contributed by atoms with Gasteiger partial charge in [0, 0.05) is 32.2 Å². The second-order valence-electron chi connectivity index (χ2n) is 5.45. The third-order valence-corrected chi connectivity index (χ3v) is 5.80. The van der Waals surface area contributed by atoms with Crippen LogP contribution in [0.5, 0.6) is 0 Å². The van der Waals surface area contributed by atoms with Gasteiger partial charge in [0.25, 0.3) is 10.2 Å². The van der Waals surface area contributed by atoms with Crippen LogP contribution in [0.2, 0.25) is 0 Å². The molecule has 0 amide bonds. The van der Waals surface area contributed by atoms with E-state index in [0.717, 1.165) is 31.7 Å². The van der Waals surface area contributed by atoms with E-state index in [1.54, 1.807) is 8.61 Å². The number of rotatable bonds is 5. The molecule has 3 rings (SSSR count). The molecule has 6 nitrogen and oxygen atoms in total. The maximum Gasteiger partial charge on any atom is 0.282 e. The molecule has 0 radical (unpaired) electrons. The van der Waals surface area contributed by atoms with Crippen molar-refractivity contribution in [2.24, 2.45) is 0 Å². The van der Waals surface area contributed by atoms with Crippen LogP contribution < -0.4 is 5.32 Å². The molecular weight excluding hydrogens is 278 g/mol. The number of nitrogens with one attached hydrogen (secondary N) is 1. The van der Waals surface area contributed by atoms with Gasteiger partial charge in [-0.05, 0) is 31.9 Å². The molecule has 0 atom stereocenters. The summed E-state index contributed by atoms with van der Waals surface area (Å²) in [5.74, 6) is 1.53. The highest BCUT2D eigenvalue weighted by molar-refractivity contribution is 7.86. The molecule has 1 aliphatic carbocycles. The van der Waals surface area contributed by atoms with Crippen molar-refractivity contribution in [1.29, 1.82) is 0 Å². The van der Waals surface area contributed by atoms with E-state index in [9.17, 15) is 8.42 Å². The van der Waals surface area contributed by atoms with Gasteiger partial charge in [0.1, 0.15) is 11.5 Å². The molecule has 112 valence electrons. The third kappa shape index (κ3) is 2.90. The quantitative estimate of drug-likeness (QED) is 0.869. The Kier molecular flexibility index (Phi) is 3.85. The number of hydrogen-bond acceptors (Lipinski definition) is 4. The Morgan fingerprint density at radius 3 is 2.60 bits per heavy atom. The molecule has 1 aromatic heterocycles. The second kappa shape index (κ2) is 5.48. The topological polar surface area (TPSA) is 65.8 Å². The minimum atomic E-state index is -3.38. The van der Waals surface area contributed by atoms with Crippen molar-refractivity contribution in [3.63, 3.8) is 0 Å². The zero-order valence-corrected chi connectivity index (χ0v) is 12.5. The number of piperazine rings is 1. The predicted octanol–water partition coefficient (Wildman–Crippen LogP) is 0.702. The molecule has 0 bridgehead atoms. The van der Waals surface area contributed by atoms with E-state index in [1.165, 1.54) is 0 Å². The lowest BCUT2D eigenvalue weighted by atomic mass is 10.4. The van der Waals surface area contributed by atoms with Crippen LogP contribution in [0.25, 0.3) is 0 Å². The van der Waals surface area contributed by atoms with Crippen LogP contribution in [0.3, 0.4) is 0 Å². The zero-order chi connectivity index (χ0) is 14.2. The van der Waals surface area contributed by atoms with Crippen LogP contribution >= 0.6 is 0 Å². The molecule has 1 saturated heterocycles. The first-order valence-corrected chi connectivity index (χ1v) is 8.50. The van der Waals surface area contributed by atoms with E-state index >= 15 is 0 Å². The van der Waals surface area contributed by atoms with Crippen molar-refractivity contribution in [3.8, 4) is 0 Å². The van der Waals surface area contributed by atoms with E-state index in [2.05, 4.69) is 5.32 Å². The first-order chi connectivity index (χ1) is 9.57. The van der Waals surface area contributed by atoms with E-state index in [0.29, 0.717) is 25.4 Å². The highest BCUT2D eigenvalue weighted by Gasteiger charge is 2.41. The van der Waals surface area contributed by atoms with Gasteiger partial charge in [0.15, 0.2) is 0 Å². The van der Waals surface area contributed by atoms with Crippen LogP contribution in [0.4, 0.5) is 0 Å². The van der Waals surface area contributed by atoms with E-state index in [-0.39, 0.29) is 6.04 Å². The molecule has 0 spiro atoms. The minimum absolute atomic E-state index is 0.139. The fourth-order valence-corrected chi connectivity index (χ4v) is 4.33. The summed E-state index contributed by atoms with van der Waals surface area (Å²) in [5, 5.41) is 3.18. The van der Waals surface area contributed by atoms with Crippen molar-refractivity contribution < 1.29 is 12.8 Å². The number of nitrogens with zero attached hydrogens (tertiary/aromatic N) is 2. The first-order valence-electron chi connectivity index (χ1n) is 7.10. The molecule has 7 heteroatoms. The van der Waals surface area contributed by atoms with Crippen LogP contribution in [-0.2, 0) is 16.8 Å². The highest BCUT2D eigenvalue weighted by Crippen LogP contribution is 2.32. The summed E-state index contributed by atoms with van der Waals surface area (Å²) in [5.41, 5.74) is 0. The molecule has 0 aromatic carbocycles. The van der Waals surface area contributed by atoms with Gasteiger partial charge in [0.05, 0.1) is 6.54 Å². The molecular formula is C13H21N3O3S.